The molecule has 0 saturated carbocycles. The number of carbonyl (C=O) groups excluding carboxylic acids is 1. The highest BCUT2D eigenvalue weighted by Gasteiger charge is 2.28. The monoisotopic (exact) mass is 473 g/mol. The van der Waals surface area contributed by atoms with Gasteiger partial charge < -0.3 is 20.0 Å². The van der Waals surface area contributed by atoms with Gasteiger partial charge in [0.05, 0.1) is 12.0 Å². The molecule has 1 amide bonds. The molecule has 35 heavy (non-hydrogen) atoms. The first-order valence-electron chi connectivity index (χ1n) is 12.2. The molecule has 1 aromatic carbocycles. The Morgan fingerprint density at radius 3 is 2.66 bits per heavy atom. The third-order valence-corrected chi connectivity index (χ3v) is 6.62. The van der Waals surface area contributed by atoms with Crippen molar-refractivity contribution in [2.75, 3.05) is 30.3 Å². The number of anilines is 2. The van der Waals surface area contributed by atoms with Crippen molar-refractivity contribution < 1.29 is 9.21 Å². The Hall–Kier alpha value is -3.88. The van der Waals surface area contributed by atoms with E-state index in [0.717, 1.165) is 49.4 Å². The van der Waals surface area contributed by atoms with Gasteiger partial charge in [-0.15, -0.1) is 5.10 Å². The summed E-state index contributed by atoms with van der Waals surface area (Å²) in [6.07, 6.45) is 3.51. The fourth-order valence-electron chi connectivity index (χ4n) is 4.79. The fourth-order valence-corrected chi connectivity index (χ4v) is 4.79. The highest BCUT2D eigenvalue weighted by molar-refractivity contribution is 5.78. The van der Waals surface area contributed by atoms with Crippen molar-refractivity contribution in [2.24, 2.45) is 5.92 Å². The quantitative estimate of drug-likeness (QED) is 0.449. The Morgan fingerprint density at radius 1 is 1.17 bits per heavy atom. The van der Waals surface area contributed by atoms with Crippen molar-refractivity contribution >= 4 is 23.2 Å². The number of carbonyl (C=O) groups is 1. The van der Waals surface area contributed by atoms with Crippen LogP contribution in [0.2, 0.25) is 0 Å². The molecule has 5 rings (SSSR count). The average molecular weight is 474 g/mol. The number of aromatic nitrogens is 4. The second kappa shape index (κ2) is 9.40. The van der Waals surface area contributed by atoms with Crippen molar-refractivity contribution in [3.8, 4) is 22.8 Å². The van der Waals surface area contributed by atoms with E-state index in [4.69, 9.17) is 10.2 Å². The number of nitrogens with zero attached hydrogens (tertiary/aromatic N) is 6. The van der Waals surface area contributed by atoms with Crippen LogP contribution in [0.4, 0.5) is 11.6 Å². The molecule has 4 aromatic rings. The Bertz CT molecular complexity index is 1320. The molecule has 1 fully saturated rings. The summed E-state index contributed by atoms with van der Waals surface area (Å²) in [6, 6.07) is 14.1. The number of piperidine rings is 1. The van der Waals surface area contributed by atoms with E-state index in [1.807, 2.05) is 38.1 Å². The van der Waals surface area contributed by atoms with E-state index in [1.54, 1.807) is 12.3 Å². The molecule has 0 bridgehead atoms. The zero-order valence-electron chi connectivity index (χ0n) is 20.4. The van der Waals surface area contributed by atoms with Gasteiger partial charge in [-0.3, -0.25) is 4.79 Å². The highest BCUT2D eigenvalue weighted by Crippen LogP contribution is 2.29. The van der Waals surface area contributed by atoms with E-state index in [-0.39, 0.29) is 17.8 Å². The summed E-state index contributed by atoms with van der Waals surface area (Å²) in [6.45, 7) is 8.58. The lowest BCUT2D eigenvalue weighted by atomic mass is 10.00. The van der Waals surface area contributed by atoms with E-state index in [2.05, 4.69) is 43.9 Å². The molecule has 1 aliphatic heterocycles. The number of nitrogens with two attached hydrogens (primary N) is 1. The maximum absolute atomic E-state index is 12.6. The standard InChI is InChI=1S/C26H31N7O2/c1-4-32(25(34)17(2)3)19-10-12-31(13-11-19)20-8-5-7-18(15-20)21-16-23-29-24(22-9-6-14-35-22)30-33(23)26(27)28-21/h5-9,14-17,19H,4,10-13H2,1-3H3,(H2,27,28). The van der Waals surface area contributed by atoms with E-state index < -0.39 is 0 Å². The van der Waals surface area contributed by atoms with Crippen LogP contribution in [0.3, 0.4) is 0 Å². The largest absolute Gasteiger partial charge is 0.461 e. The average Bonchev–Trinajstić information content (AvgIpc) is 3.55. The van der Waals surface area contributed by atoms with Crippen LogP contribution in [0.15, 0.2) is 53.1 Å². The van der Waals surface area contributed by atoms with Crippen LogP contribution in [0.5, 0.6) is 0 Å². The van der Waals surface area contributed by atoms with Crippen LogP contribution < -0.4 is 10.6 Å². The molecule has 1 aliphatic rings. The number of hydrogen-bond acceptors (Lipinski definition) is 7. The van der Waals surface area contributed by atoms with E-state index in [0.29, 0.717) is 23.3 Å². The maximum Gasteiger partial charge on any atom is 0.225 e. The highest BCUT2D eigenvalue weighted by atomic mass is 16.3. The third kappa shape index (κ3) is 4.45. The number of nitrogen functional groups attached to an aromatic ring is 1. The summed E-state index contributed by atoms with van der Waals surface area (Å²) >= 11 is 0. The van der Waals surface area contributed by atoms with Crippen LogP contribution in [0.25, 0.3) is 28.5 Å². The van der Waals surface area contributed by atoms with Crippen LogP contribution >= 0.6 is 0 Å². The SMILES string of the molecule is CCN(C(=O)C(C)C)C1CCN(c2cccc(-c3cc4nc(-c5ccco5)nn4c(N)n3)c2)CC1. The van der Waals surface area contributed by atoms with Gasteiger partial charge in [-0.05, 0) is 44.0 Å². The van der Waals surface area contributed by atoms with Crippen molar-refractivity contribution in [2.45, 2.75) is 39.7 Å². The van der Waals surface area contributed by atoms with Crippen molar-refractivity contribution in [3.05, 3.63) is 48.7 Å². The zero-order valence-corrected chi connectivity index (χ0v) is 20.4. The molecule has 2 N–H and O–H groups in total. The van der Waals surface area contributed by atoms with Gasteiger partial charge in [0, 0.05) is 48.9 Å². The molecular formula is C26H31N7O2. The Labute approximate surface area is 204 Å². The molecule has 0 unspecified atom stereocenters. The molecule has 182 valence electrons. The Morgan fingerprint density at radius 2 is 1.97 bits per heavy atom. The number of rotatable bonds is 6. The van der Waals surface area contributed by atoms with Gasteiger partial charge in [-0.25, -0.2) is 9.97 Å². The Kier molecular flexibility index (Phi) is 6.15. The minimum absolute atomic E-state index is 0.0300. The Balaban J connectivity index is 1.35. The molecule has 0 spiro atoms. The number of fused-ring (bicyclic) bond motifs is 1. The molecule has 1 saturated heterocycles. The van der Waals surface area contributed by atoms with Crippen LogP contribution in [0, 0.1) is 5.92 Å². The fraction of sp³-hybridized carbons (Fsp3) is 0.385. The first-order valence-corrected chi connectivity index (χ1v) is 12.2. The smallest absolute Gasteiger partial charge is 0.225 e. The summed E-state index contributed by atoms with van der Waals surface area (Å²) in [5.41, 5.74) is 9.67. The molecule has 0 radical (unpaired) electrons. The van der Waals surface area contributed by atoms with Crippen LogP contribution in [-0.4, -0.2) is 56.1 Å². The first kappa shape index (κ1) is 22.9. The molecule has 3 aromatic heterocycles. The summed E-state index contributed by atoms with van der Waals surface area (Å²) in [5, 5.41) is 4.42. The number of benzene rings is 1. The second-order valence-corrected chi connectivity index (χ2v) is 9.23. The summed E-state index contributed by atoms with van der Waals surface area (Å²) in [5.74, 6) is 1.59. The predicted octanol–water partition coefficient (Wildman–Crippen LogP) is 4.11. The van der Waals surface area contributed by atoms with Crippen LogP contribution in [-0.2, 0) is 4.79 Å². The van der Waals surface area contributed by atoms with Gasteiger partial charge in [0.1, 0.15) is 0 Å². The molecular weight excluding hydrogens is 442 g/mol. The molecule has 0 aliphatic carbocycles. The van der Waals surface area contributed by atoms with Gasteiger partial charge in [0.25, 0.3) is 0 Å². The zero-order chi connectivity index (χ0) is 24.5. The number of amides is 1. The molecule has 9 heteroatoms. The summed E-state index contributed by atoms with van der Waals surface area (Å²) in [4.78, 5) is 26.2. The maximum atomic E-state index is 12.6. The van der Waals surface area contributed by atoms with Gasteiger partial charge in [-0.1, -0.05) is 26.0 Å². The van der Waals surface area contributed by atoms with E-state index in [1.165, 1.54) is 4.52 Å². The number of furan rings is 1. The summed E-state index contributed by atoms with van der Waals surface area (Å²) in [7, 11) is 0. The minimum Gasteiger partial charge on any atom is -0.461 e. The topological polar surface area (TPSA) is 106 Å². The van der Waals surface area contributed by atoms with E-state index in [9.17, 15) is 4.79 Å². The first-order chi connectivity index (χ1) is 16.9. The van der Waals surface area contributed by atoms with Gasteiger partial charge in [0.15, 0.2) is 11.4 Å². The van der Waals surface area contributed by atoms with E-state index >= 15 is 0 Å². The second-order valence-electron chi connectivity index (χ2n) is 9.23. The van der Waals surface area contributed by atoms with Gasteiger partial charge in [0.2, 0.25) is 17.7 Å². The van der Waals surface area contributed by atoms with Crippen molar-refractivity contribution in [1.82, 2.24) is 24.5 Å². The lowest BCUT2D eigenvalue weighted by Gasteiger charge is -2.39. The number of hydrogen-bond donors (Lipinski definition) is 1. The minimum atomic E-state index is 0.0300. The molecule has 9 nitrogen and oxygen atoms in total. The molecule has 4 heterocycles. The normalized spacial score (nSPS) is 14.7. The lowest BCUT2D eigenvalue weighted by Crippen LogP contribution is -2.48. The predicted molar refractivity (Wildman–Crippen MR) is 136 cm³/mol. The lowest BCUT2D eigenvalue weighted by molar-refractivity contribution is -0.137. The summed E-state index contributed by atoms with van der Waals surface area (Å²) < 4.78 is 6.94. The molecule has 0 atom stereocenters. The van der Waals surface area contributed by atoms with Gasteiger partial charge in [-0.2, -0.15) is 4.52 Å². The van der Waals surface area contributed by atoms with Gasteiger partial charge >= 0.3 is 0 Å². The third-order valence-electron chi connectivity index (χ3n) is 6.62. The van der Waals surface area contributed by atoms with Crippen molar-refractivity contribution in [1.29, 1.82) is 0 Å². The van der Waals surface area contributed by atoms with Crippen molar-refractivity contribution in [3.63, 3.8) is 0 Å². The van der Waals surface area contributed by atoms with Crippen LogP contribution in [0.1, 0.15) is 33.6 Å².